The van der Waals surface area contributed by atoms with Crippen molar-refractivity contribution in [3.63, 3.8) is 0 Å². The van der Waals surface area contributed by atoms with Crippen LogP contribution in [0.4, 0.5) is 9.18 Å². The van der Waals surface area contributed by atoms with Crippen molar-refractivity contribution in [2.45, 2.75) is 5.92 Å². The second-order valence-corrected chi connectivity index (χ2v) is 3.83. The lowest BCUT2D eigenvalue weighted by atomic mass is 9.99. The van der Waals surface area contributed by atoms with Crippen LogP contribution in [0.2, 0.25) is 0 Å². The number of amidine groups is 1. The van der Waals surface area contributed by atoms with Gasteiger partial charge in [0.1, 0.15) is 12.4 Å². The van der Waals surface area contributed by atoms with Gasteiger partial charge in [0.2, 0.25) is 0 Å². The van der Waals surface area contributed by atoms with Crippen molar-refractivity contribution in [1.82, 2.24) is 10.4 Å². The number of amides is 2. The van der Waals surface area contributed by atoms with Crippen LogP contribution in [0, 0.1) is 5.82 Å². The summed E-state index contributed by atoms with van der Waals surface area (Å²) in [6.07, 6.45) is 0. The third kappa shape index (κ3) is 2.57. The second kappa shape index (κ2) is 5.01. The van der Waals surface area contributed by atoms with Gasteiger partial charge in [-0.15, -0.1) is 0 Å². The van der Waals surface area contributed by atoms with Crippen molar-refractivity contribution in [3.05, 3.63) is 35.6 Å². The smallest absolute Gasteiger partial charge is 0.346 e. The Hall–Kier alpha value is -2.15. The highest BCUT2D eigenvalue weighted by atomic mass is 19.1. The fourth-order valence-electron chi connectivity index (χ4n) is 1.57. The van der Waals surface area contributed by atoms with Gasteiger partial charge in [0.25, 0.3) is 0 Å². The number of halogens is 1. The quantitative estimate of drug-likeness (QED) is 0.585. The van der Waals surface area contributed by atoms with Crippen molar-refractivity contribution in [2.24, 2.45) is 5.16 Å². The van der Waals surface area contributed by atoms with Crippen LogP contribution in [0.15, 0.2) is 29.4 Å². The van der Waals surface area contributed by atoms with Gasteiger partial charge in [-0.3, -0.25) is 10.5 Å². The van der Waals surface area contributed by atoms with E-state index in [1.165, 1.54) is 19.2 Å². The van der Waals surface area contributed by atoms with E-state index in [9.17, 15) is 9.18 Å². The number of hydroxylamine groups is 2. The predicted octanol–water partition coefficient (Wildman–Crippen LogP) is 1.28. The molecule has 96 valence electrons. The first-order valence-electron chi connectivity index (χ1n) is 5.27. The molecule has 1 aromatic rings. The lowest BCUT2D eigenvalue weighted by Gasteiger charge is -2.14. The van der Waals surface area contributed by atoms with Crippen molar-refractivity contribution in [1.29, 1.82) is 0 Å². The largest absolute Gasteiger partial charge is 0.393 e. The summed E-state index contributed by atoms with van der Waals surface area (Å²) in [5, 5.41) is 15.5. The van der Waals surface area contributed by atoms with E-state index in [2.05, 4.69) is 10.5 Å². The minimum absolute atomic E-state index is 0.260. The maximum Gasteiger partial charge on any atom is 0.346 e. The average molecular weight is 253 g/mol. The SMILES string of the molecule is CN(O)C(=O)NC1=NOCC1c1ccc(F)cc1. The highest BCUT2D eigenvalue weighted by molar-refractivity contribution is 6.01. The average Bonchev–Trinajstić information content (AvgIpc) is 2.78. The fraction of sp³-hybridized carbons (Fsp3) is 0.273. The number of rotatable bonds is 1. The van der Waals surface area contributed by atoms with Crippen LogP contribution in [0.1, 0.15) is 11.5 Å². The van der Waals surface area contributed by atoms with Gasteiger partial charge < -0.3 is 4.84 Å². The fourth-order valence-corrected chi connectivity index (χ4v) is 1.57. The molecule has 0 bridgehead atoms. The topological polar surface area (TPSA) is 74.2 Å². The molecule has 0 radical (unpaired) electrons. The molecule has 1 aliphatic heterocycles. The lowest BCUT2D eigenvalue weighted by molar-refractivity contribution is -0.0163. The second-order valence-electron chi connectivity index (χ2n) is 3.83. The van der Waals surface area contributed by atoms with Crippen LogP contribution in [-0.2, 0) is 4.84 Å². The summed E-state index contributed by atoms with van der Waals surface area (Å²) in [7, 11) is 1.19. The third-order valence-electron chi connectivity index (χ3n) is 2.54. The van der Waals surface area contributed by atoms with E-state index >= 15 is 0 Å². The molecule has 6 nitrogen and oxygen atoms in total. The van der Waals surface area contributed by atoms with Crippen molar-refractivity contribution in [2.75, 3.05) is 13.7 Å². The van der Waals surface area contributed by atoms with E-state index in [1.54, 1.807) is 12.1 Å². The maximum absolute atomic E-state index is 12.8. The Morgan fingerprint density at radius 3 is 2.83 bits per heavy atom. The molecule has 2 N–H and O–H groups in total. The molecule has 18 heavy (non-hydrogen) atoms. The first kappa shape index (κ1) is 12.3. The zero-order valence-electron chi connectivity index (χ0n) is 9.63. The normalized spacial score (nSPS) is 17.9. The lowest BCUT2D eigenvalue weighted by Crippen LogP contribution is -2.40. The Labute approximate surface area is 103 Å². The van der Waals surface area contributed by atoms with E-state index in [4.69, 9.17) is 10.0 Å². The molecule has 0 saturated carbocycles. The van der Waals surface area contributed by atoms with Crippen LogP contribution in [-0.4, -0.2) is 35.8 Å². The molecular formula is C11H12FN3O3. The number of nitrogens with one attached hydrogen (secondary N) is 1. The van der Waals surface area contributed by atoms with Gasteiger partial charge in [-0.1, -0.05) is 17.3 Å². The van der Waals surface area contributed by atoms with E-state index in [1.807, 2.05) is 0 Å². The number of hydrogen-bond acceptors (Lipinski definition) is 4. The molecule has 0 aliphatic carbocycles. The summed E-state index contributed by atoms with van der Waals surface area (Å²) >= 11 is 0. The molecule has 2 amide bonds. The Balaban J connectivity index is 2.12. The summed E-state index contributed by atoms with van der Waals surface area (Å²) in [6, 6.07) is 5.13. The van der Waals surface area contributed by atoms with Crippen LogP contribution in [0.25, 0.3) is 0 Å². The van der Waals surface area contributed by atoms with E-state index in [0.29, 0.717) is 5.06 Å². The summed E-state index contributed by atoms with van der Waals surface area (Å²) in [5.74, 6) is -0.336. The molecular weight excluding hydrogens is 241 g/mol. The van der Waals surface area contributed by atoms with E-state index < -0.39 is 6.03 Å². The predicted molar refractivity (Wildman–Crippen MR) is 60.6 cm³/mol. The summed E-state index contributed by atoms with van der Waals surface area (Å²) in [4.78, 5) is 16.2. The van der Waals surface area contributed by atoms with Crippen LogP contribution in [0.3, 0.4) is 0 Å². The number of carbonyl (C=O) groups is 1. The van der Waals surface area contributed by atoms with Crippen molar-refractivity contribution >= 4 is 11.9 Å². The maximum atomic E-state index is 12.8. The molecule has 0 fully saturated rings. The number of hydrogen-bond donors (Lipinski definition) is 2. The van der Waals surface area contributed by atoms with Gasteiger partial charge in [0.05, 0.1) is 5.92 Å². The first-order valence-corrected chi connectivity index (χ1v) is 5.27. The molecule has 2 rings (SSSR count). The van der Waals surface area contributed by atoms with Crippen LogP contribution in [0.5, 0.6) is 0 Å². The summed E-state index contributed by atoms with van der Waals surface area (Å²) < 4.78 is 12.8. The molecule has 7 heteroatoms. The van der Waals surface area contributed by atoms with Crippen molar-refractivity contribution in [3.8, 4) is 0 Å². The minimum Gasteiger partial charge on any atom is -0.393 e. The molecule has 0 aromatic heterocycles. The summed E-state index contributed by atoms with van der Waals surface area (Å²) in [5.41, 5.74) is 0.772. The zero-order valence-corrected chi connectivity index (χ0v) is 9.63. The number of carbonyl (C=O) groups excluding carboxylic acids is 1. The molecule has 0 saturated heterocycles. The Bertz CT molecular complexity index is 473. The van der Waals surface area contributed by atoms with Gasteiger partial charge in [0.15, 0.2) is 5.84 Å². The van der Waals surface area contributed by atoms with Crippen LogP contribution >= 0.6 is 0 Å². The van der Waals surface area contributed by atoms with Crippen LogP contribution < -0.4 is 5.32 Å². The van der Waals surface area contributed by atoms with Gasteiger partial charge in [-0.05, 0) is 17.7 Å². The number of nitrogens with zero attached hydrogens (tertiary/aromatic N) is 2. The standard InChI is InChI=1S/C11H12FN3O3/c1-15(17)11(16)13-10-9(6-18-14-10)7-2-4-8(12)5-3-7/h2-5,9,17H,6H2,1H3,(H,13,14,16). The van der Waals surface area contributed by atoms with E-state index in [-0.39, 0.29) is 24.2 Å². The monoisotopic (exact) mass is 253 g/mol. The molecule has 0 spiro atoms. The van der Waals surface area contributed by atoms with Gasteiger partial charge in [0, 0.05) is 7.05 Å². The highest BCUT2D eigenvalue weighted by Crippen LogP contribution is 2.22. The third-order valence-corrected chi connectivity index (χ3v) is 2.54. The molecule has 1 heterocycles. The van der Waals surface area contributed by atoms with Gasteiger partial charge in [-0.25, -0.2) is 14.2 Å². The van der Waals surface area contributed by atoms with Crippen molar-refractivity contribution < 1.29 is 19.2 Å². The Morgan fingerprint density at radius 1 is 1.56 bits per heavy atom. The number of benzene rings is 1. The van der Waals surface area contributed by atoms with Gasteiger partial charge >= 0.3 is 6.03 Å². The summed E-state index contributed by atoms with van der Waals surface area (Å²) in [6.45, 7) is 0.260. The Kier molecular flexibility index (Phi) is 3.42. The van der Waals surface area contributed by atoms with Gasteiger partial charge in [-0.2, -0.15) is 0 Å². The molecule has 1 unspecified atom stereocenters. The molecule has 1 aromatic carbocycles. The first-order chi connectivity index (χ1) is 8.58. The zero-order chi connectivity index (χ0) is 13.1. The number of urea groups is 1. The number of oxime groups is 1. The Morgan fingerprint density at radius 2 is 2.22 bits per heavy atom. The van der Waals surface area contributed by atoms with E-state index in [0.717, 1.165) is 5.56 Å². The molecule has 1 atom stereocenters. The molecule has 1 aliphatic rings. The minimum atomic E-state index is -0.716. The highest BCUT2D eigenvalue weighted by Gasteiger charge is 2.27.